The number of hydrogen-bond acceptors (Lipinski definition) is 1. The molecule has 1 aromatic rings. The summed E-state index contributed by atoms with van der Waals surface area (Å²) >= 11 is 0. The molecule has 1 unspecified atom stereocenters. The molecule has 0 aromatic heterocycles. The van der Waals surface area contributed by atoms with E-state index in [1.165, 1.54) is 49.7 Å². The van der Waals surface area contributed by atoms with Gasteiger partial charge in [-0.2, -0.15) is 0 Å². The van der Waals surface area contributed by atoms with E-state index >= 15 is 0 Å². The molecule has 1 heteroatoms. The number of likely N-dealkylation sites (N-methyl/N-ethyl adjacent to an activating group) is 1. The Bertz CT molecular complexity index is 393. The van der Waals surface area contributed by atoms with Crippen molar-refractivity contribution in [2.24, 2.45) is 5.92 Å². The van der Waals surface area contributed by atoms with Crippen molar-refractivity contribution in [1.29, 1.82) is 0 Å². The van der Waals surface area contributed by atoms with Gasteiger partial charge in [0.2, 0.25) is 0 Å². The molecule has 1 atom stereocenters. The van der Waals surface area contributed by atoms with E-state index in [9.17, 15) is 0 Å². The van der Waals surface area contributed by atoms with Gasteiger partial charge in [-0.05, 0) is 48.8 Å². The average Bonchev–Trinajstić information content (AvgIpc) is 2.45. The second kappa shape index (κ2) is 6.76. The highest BCUT2D eigenvalue weighted by molar-refractivity contribution is 5.28. The van der Waals surface area contributed by atoms with Crippen molar-refractivity contribution < 1.29 is 0 Å². The molecule has 2 rings (SSSR count). The first-order chi connectivity index (χ1) is 9.50. The van der Waals surface area contributed by atoms with Crippen LogP contribution in [0.15, 0.2) is 24.3 Å². The summed E-state index contributed by atoms with van der Waals surface area (Å²) < 4.78 is 0. The van der Waals surface area contributed by atoms with Crippen LogP contribution in [0, 0.1) is 5.92 Å². The van der Waals surface area contributed by atoms with E-state index in [4.69, 9.17) is 0 Å². The molecule has 112 valence electrons. The lowest BCUT2D eigenvalue weighted by molar-refractivity contribution is 0.276. The zero-order valence-electron chi connectivity index (χ0n) is 13.7. The fraction of sp³-hybridized carbons (Fsp3) is 0.684. The molecule has 1 nitrogen and oxygen atoms in total. The Kier molecular flexibility index (Phi) is 5.26. The quantitative estimate of drug-likeness (QED) is 0.839. The van der Waals surface area contributed by atoms with Crippen molar-refractivity contribution in [3.05, 3.63) is 35.4 Å². The third-order valence-electron chi connectivity index (χ3n) is 4.87. The van der Waals surface area contributed by atoms with Gasteiger partial charge in [0.25, 0.3) is 0 Å². The molecule has 20 heavy (non-hydrogen) atoms. The highest BCUT2D eigenvalue weighted by Gasteiger charge is 2.22. The van der Waals surface area contributed by atoms with E-state index < -0.39 is 0 Å². The standard InChI is InChI=1S/C19H31N/c1-19(2,3)17-12-10-15(11-13-17)14-18(20-4)16-8-6-5-7-9-16/h10-13,16,18,20H,5-9,14H2,1-4H3. The lowest BCUT2D eigenvalue weighted by atomic mass is 9.81. The molecule has 0 aliphatic heterocycles. The van der Waals surface area contributed by atoms with Crippen LogP contribution in [0.3, 0.4) is 0 Å². The molecule has 0 bridgehead atoms. The fourth-order valence-corrected chi connectivity index (χ4v) is 3.44. The zero-order chi connectivity index (χ0) is 14.6. The SMILES string of the molecule is CNC(Cc1ccc(C(C)(C)C)cc1)C1CCCCC1. The normalized spacial score (nSPS) is 19.0. The molecule has 1 aliphatic carbocycles. The first-order valence-electron chi connectivity index (χ1n) is 8.27. The maximum atomic E-state index is 3.57. The van der Waals surface area contributed by atoms with Crippen LogP contribution in [0.1, 0.15) is 64.0 Å². The molecule has 0 heterocycles. The molecule has 0 radical (unpaired) electrons. The minimum atomic E-state index is 0.254. The fourth-order valence-electron chi connectivity index (χ4n) is 3.44. The van der Waals surface area contributed by atoms with Gasteiger partial charge in [0, 0.05) is 6.04 Å². The Morgan fingerprint density at radius 2 is 1.65 bits per heavy atom. The Morgan fingerprint density at radius 1 is 1.05 bits per heavy atom. The molecule has 1 saturated carbocycles. The minimum Gasteiger partial charge on any atom is -0.316 e. The summed E-state index contributed by atoms with van der Waals surface area (Å²) in [5.41, 5.74) is 3.16. The van der Waals surface area contributed by atoms with Crippen LogP contribution in [-0.4, -0.2) is 13.1 Å². The van der Waals surface area contributed by atoms with E-state index in [2.05, 4.69) is 57.4 Å². The summed E-state index contributed by atoms with van der Waals surface area (Å²) in [5, 5.41) is 3.57. The third kappa shape index (κ3) is 4.09. The molecule has 1 N–H and O–H groups in total. The maximum Gasteiger partial charge on any atom is 0.0133 e. The van der Waals surface area contributed by atoms with Gasteiger partial charge >= 0.3 is 0 Å². The van der Waals surface area contributed by atoms with Crippen LogP contribution >= 0.6 is 0 Å². The Hall–Kier alpha value is -0.820. The van der Waals surface area contributed by atoms with E-state index in [1.807, 2.05) is 0 Å². The van der Waals surface area contributed by atoms with Crippen molar-refractivity contribution in [2.45, 2.75) is 70.8 Å². The highest BCUT2D eigenvalue weighted by Crippen LogP contribution is 2.28. The van der Waals surface area contributed by atoms with Gasteiger partial charge in [-0.15, -0.1) is 0 Å². The van der Waals surface area contributed by atoms with Gasteiger partial charge < -0.3 is 5.32 Å². The van der Waals surface area contributed by atoms with E-state index in [1.54, 1.807) is 0 Å². The monoisotopic (exact) mass is 273 g/mol. The molecular formula is C19H31N. The number of rotatable bonds is 4. The Morgan fingerprint density at radius 3 is 2.15 bits per heavy atom. The number of hydrogen-bond donors (Lipinski definition) is 1. The van der Waals surface area contributed by atoms with Gasteiger partial charge in [-0.3, -0.25) is 0 Å². The van der Waals surface area contributed by atoms with Crippen molar-refractivity contribution in [3.8, 4) is 0 Å². The summed E-state index contributed by atoms with van der Waals surface area (Å²) in [6, 6.07) is 9.92. The summed E-state index contributed by atoms with van der Waals surface area (Å²) in [4.78, 5) is 0. The number of benzene rings is 1. The van der Waals surface area contributed by atoms with E-state index in [0.717, 1.165) is 5.92 Å². The topological polar surface area (TPSA) is 12.0 Å². The second-order valence-electron chi connectivity index (χ2n) is 7.44. The molecule has 1 aromatic carbocycles. The first-order valence-corrected chi connectivity index (χ1v) is 8.27. The predicted octanol–water partition coefficient (Wildman–Crippen LogP) is 4.69. The minimum absolute atomic E-state index is 0.254. The van der Waals surface area contributed by atoms with Crippen LogP contribution < -0.4 is 5.32 Å². The first kappa shape index (κ1) is 15.6. The van der Waals surface area contributed by atoms with Gasteiger partial charge in [-0.1, -0.05) is 64.3 Å². The van der Waals surface area contributed by atoms with Crippen LogP contribution in [0.25, 0.3) is 0 Å². The number of nitrogens with one attached hydrogen (secondary N) is 1. The second-order valence-corrected chi connectivity index (χ2v) is 7.44. The van der Waals surface area contributed by atoms with Crippen LogP contribution in [0.5, 0.6) is 0 Å². The maximum absolute atomic E-state index is 3.57. The smallest absolute Gasteiger partial charge is 0.0133 e. The van der Waals surface area contributed by atoms with Gasteiger partial charge in [0.15, 0.2) is 0 Å². The van der Waals surface area contributed by atoms with Crippen molar-refractivity contribution in [1.82, 2.24) is 5.32 Å². The lowest BCUT2D eigenvalue weighted by Crippen LogP contribution is -2.36. The highest BCUT2D eigenvalue weighted by atomic mass is 14.9. The molecule has 0 amide bonds. The van der Waals surface area contributed by atoms with Crippen molar-refractivity contribution in [3.63, 3.8) is 0 Å². The summed E-state index contributed by atoms with van der Waals surface area (Å²) in [5.74, 6) is 0.871. The predicted molar refractivity (Wildman–Crippen MR) is 88.3 cm³/mol. The average molecular weight is 273 g/mol. The van der Waals surface area contributed by atoms with Gasteiger partial charge in [0.05, 0.1) is 0 Å². The van der Waals surface area contributed by atoms with Gasteiger partial charge in [0.1, 0.15) is 0 Å². The van der Waals surface area contributed by atoms with Crippen LogP contribution in [0.2, 0.25) is 0 Å². The molecule has 0 saturated heterocycles. The summed E-state index contributed by atoms with van der Waals surface area (Å²) in [6.07, 6.45) is 8.27. The van der Waals surface area contributed by atoms with Crippen molar-refractivity contribution >= 4 is 0 Å². The lowest BCUT2D eigenvalue weighted by Gasteiger charge is -2.30. The molecular weight excluding hydrogens is 242 g/mol. The summed E-state index contributed by atoms with van der Waals surface area (Å²) in [6.45, 7) is 6.83. The van der Waals surface area contributed by atoms with Crippen LogP contribution in [-0.2, 0) is 11.8 Å². The van der Waals surface area contributed by atoms with Crippen LogP contribution in [0.4, 0.5) is 0 Å². The van der Waals surface area contributed by atoms with E-state index in [0.29, 0.717) is 6.04 Å². The third-order valence-corrected chi connectivity index (χ3v) is 4.87. The Balaban J connectivity index is 2.00. The Labute approximate surface area is 125 Å². The van der Waals surface area contributed by atoms with E-state index in [-0.39, 0.29) is 5.41 Å². The molecule has 0 spiro atoms. The van der Waals surface area contributed by atoms with Gasteiger partial charge in [-0.25, -0.2) is 0 Å². The largest absolute Gasteiger partial charge is 0.316 e. The van der Waals surface area contributed by atoms with Crippen molar-refractivity contribution in [2.75, 3.05) is 7.05 Å². The zero-order valence-corrected chi connectivity index (χ0v) is 13.7. The summed E-state index contributed by atoms with van der Waals surface area (Å²) in [7, 11) is 2.13. The molecule has 1 aliphatic rings. The molecule has 1 fully saturated rings.